The van der Waals surface area contributed by atoms with Gasteiger partial charge in [0.15, 0.2) is 0 Å². The van der Waals surface area contributed by atoms with E-state index in [1.54, 1.807) is 5.19 Å². The van der Waals surface area contributed by atoms with E-state index in [4.69, 9.17) is 0 Å². The maximum absolute atomic E-state index is 2.50. The molecule has 82 valence electrons. The molecule has 1 aromatic carbocycles. The van der Waals surface area contributed by atoms with Crippen molar-refractivity contribution in [2.45, 2.75) is 32.6 Å². The van der Waals surface area contributed by atoms with Crippen molar-refractivity contribution in [2.75, 3.05) is 13.1 Å². The van der Waals surface area contributed by atoms with Crippen molar-refractivity contribution in [1.29, 1.82) is 0 Å². The molecule has 0 aromatic heterocycles. The topological polar surface area (TPSA) is 3.24 Å². The molecular weight excluding hydrogens is 198 g/mol. The fourth-order valence-electron chi connectivity index (χ4n) is 1.91. The van der Waals surface area contributed by atoms with E-state index in [9.17, 15) is 0 Å². The third-order valence-corrected chi connectivity index (χ3v) is 5.24. The molecule has 0 saturated carbocycles. The van der Waals surface area contributed by atoms with Crippen molar-refractivity contribution >= 4 is 13.3 Å². The van der Waals surface area contributed by atoms with Gasteiger partial charge in [-0.2, -0.15) is 0 Å². The second-order valence-corrected chi connectivity index (χ2v) is 10.7. The largest absolute Gasteiger partial charge is 0.299 e. The smallest absolute Gasteiger partial charge is 0.0775 e. The average Bonchev–Trinajstić information content (AvgIpc) is 2.11. The van der Waals surface area contributed by atoms with E-state index < -0.39 is 8.07 Å². The standard InChI is InChI=1S/C13H21NSi/c1-15(2,3)13-7-5-12(6-8-13)11-14-9-4-10-14/h5-8H,4,9-11H2,1-3H3. The zero-order chi connectivity index (χ0) is 10.9. The lowest BCUT2D eigenvalue weighted by atomic mass is 10.1. The molecule has 0 spiro atoms. The van der Waals surface area contributed by atoms with Crippen molar-refractivity contribution in [3.63, 3.8) is 0 Å². The Hall–Kier alpha value is -0.603. The minimum absolute atomic E-state index is 1.10. The maximum atomic E-state index is 2.50. The SMILES string of the molecule is C[Si](C)(C)c1ccc(CN2CCC2)cc1. The lowest BCUT2D eigenvalue weighted by Gasteiger charge is -2.30. The summed E-state index contributed by atoms with van der Waals surface area (Å²) in [6, 6.07) is 9.29. The van der Waals surface area contributed by atoms with Crippen LogP contribution in [0.25, 0.3) is 0 Å². The lowest BCUT2D eigenvalue weighted by molar-refractivity contribution is 0.172. The second-order valence-electron chi connectivity index (χ2n) is 5.58. The summed E-state index contributed by atoms with van der Waals surface area (Å²) in [7, 11) is -1.10. The van der Waals surface area contributed by atoms with Crippen LogP contribution >= 0.6 is 0 Å². The molecule has 0 amide bonds. The molecule has 1 heterocycles. The van der Waals surface area contributed by atoms with E-state index >= 15 is 0 Å². The summed E-state index contributed by atoms with van der Waals surface area (Å²) in [5.74, 6) is 0. The molecule has 1 aliphatic rings. The molecule has 0 unspecified atom stereocenters. The van der Waals surface area contributed by atoms with Gasteiger partial charge in [-0.25, -0.2) is 0 Å². The van der Waals surface area contributed by atoms with E-state index in [2.05, 4.69) is 48.8 Å². The Labute approximate surface area is 94.1 Å². The summed E-state index contributed by atoms with van der Waals surface area (Å²) in [6.07, 6.45) is 1.38. The minimum atomic E-state index is -1.10. The van der Waals surface area contributed by atoms with Gasteiger partial charge >= 0.3 is 0 Å². The van der Waals surface area contributed by atoms with Crippen LogP contribution in [0.4, 0.5) is 0 Å². The number of likely N-dealkylation sites (tertiary alicyclic amines) is 1. The van der Waals surface area contributed by atoms with Crippen LogP contribution in [-0.2, 0) is 6.54 Å². The summed E-state index contributed by atoms with van der Waals surface area (Å²) in [5.41, 5.74) is 1.47. The third-order valence-electron chi connectivity index (χ3n) is 3.17. The fourth-order valence-corrected chi connectivity index (χ4v) is 3.07. The van der Waals surface area contributed by atoms with Crippen molar-refractivity contribution in [1.82, 2.24) is 4.90 Å². The summed E-state index contributed by atoms with van der Waals surface area (Å²) in [4.78, 5) is 2.50. The van der Waals surface area contributed by atoms with Crippen molar-refractivity contribution in [2.24, 2.45) is 0 Å². The predicted molar refractivity (Wildman–Crippen MR) is 69.3 cm³/mol. The van der Waals surface area contributed by atoms with Gasteiger partial charge in [-0.05, 0) is 25.1 Å². The summed E-state index contributed by atoms with van der Waals surface area (Å²) in [5, 5.41) is 1.56. The van der Waals surface area contributed by atoms with Crippen molar-refractivity contribution in [3.05, 3.63) is 29.8 Å². The molecule has 2 rings (SSSR count). The van der Waals surface area contributed by atoms with E-state index in [1.807, 2.05) is 0 Å². The van der Waals surface area contributed by atoms with Gasteiger partial charge in [-0.1, -0.05) is 49.1 Å². The number of hydrogen-bond acceptors (Lipinski definition) is 1. The molecule has 0 aliphatic carbocycles. The number of hydrogen-bond donors (Lipinski definition) is 0. The van der Waals surface area contributed by atoms with Gasteiger partial charge in [-0.15, -0.1) is 0 Å². The van der Waals surface area contributed by atoms with Crippen LogP contribution in [0, 0.1) is 0 Å². The van der Waals surface area contributed by atoms with Gasteiger partial charge < -0.3 is 0 Å². The zero-order valence-corrected chi connectivity index (χ0v) is 11.1. The first-order chi connectivity index (χ1) is 7.05. The second kappa shape index (κ2) is 4.10. The first-order valence-electron chi connectivity index (χ1n) is 5.87. The zero-order valence-electron chi connectivity index (χ0n) is 10.1. The summed E-state index contributed by atoms with van der Waals surface area (Å²) < 4.78 is 0. The molecule has 0 bridgehead atoms. The van der Waals surface area contributed by atoms with Crippen LogP contribution in [0.3, 0.4) is 0 Å². The molecule has 1 saturated heterocycles. The van der Waals surface area contributed by atoms with E-state index in [0.29, 0.717) is 0 Å². The molecular formula is C13H21NSi. The highest BCUT2D eigenvalue weighted by molar-refractivity contribution is 6.88. The average molecular weight is 219 g/mol. The predicted octanol–water partition coefficient (Wildman–Crippen LogP) is 2.44. The molecule has 0 radical (unpaired) electrons. The van der Waals surface area contributed by atoms with Gasteiger partial charge in [0.1, 0.15) is 0 Å². The van der Waals surface area contributed by atoms with E-state index in [-0.39, 0.29) is 0 Å². The first-order valence-corrected chi connectivity index (χ1v) is 9.37. The van der Waals surface area contributed by atoms with Gasteiger partial charge in [0.2, 0.25) is 0 Å². The summed E-state index contributed by atoms with van der Waals surface area (Å²) in [6.45, 7) is 10.9. The highest BCUT2D eigenvalue weighted by atomic mass is 28.3. The van der Waals surface area contributed by atoms with Crippen molar-refractivity contribution in [3.8, 4) is 0 Å². The van der Waals surface area contributed by atoms with Crippen LogP contribution in [0.5, 0.6) is 0 Å². The fraction of sp³-hybridized carbons (Fsp3) is 0.538. The highest BCUT2D eigenvalue weighted by Crippen LogP contribution is 2.12. The van der Waals surface area contributed by atoms with Crippen LogP contribution in [0.15, 0.2) is 24.3 Å². The Balaban J connectivity index is 2.03. The minimum Gasteiger partial charge on any atom is -0.299 e. The van der Waals surface area contributed by atoms with Crippen LogP contribution in [0.2, 0.25) is 19.6 Å². The lowest BCUT2D eigenvalue weighted by Crippen LogP contribution is -2.38. The third kappa shape index (κ3) is 2.70. The molecule has 0 atom stereocenters. The molecule has 1 nitrogen and oxygen atoms in total. The quantitative estimate of drug-likeness (QED) is 0.706. The molecule has 0 N–H and O–H groups in total. The Morgan fingerprint density at radius 1 is 1.07 bits per heavy atom. The Morgan fingerprint density at radius 3 is 2.07 bits per heavy atom. The first kappa shape index (κ1) is 10.9. The molecule has 15 heavy (non-hydrogen) atoms. The molecule has 1 aliphatic heterocycles. The van der Waals surface area contributed by atoms with Crippen LogP contribution in [0.1, 0.15) is 12.0 Å². The maximum Gasteiger partial charge on any atom is 0.0775 e. The van der Waals surface area contributed by atoms with Crippen LogP contribution in [-0.4, -0.2) is 26.1 Å². The molecule has 1 fully saturated rings. The van der Waals surface area contributed by atoms with E-state index in [1.165, 1.54) is 25.1 Å². The monoisotopic (exact) mass is 219 g/mol. The van der Waals surface area contributed by atoms with Crippen molar-refractivity contribution < 1.29 is 0 Å². The summed E-state index contributed by atoms with van der Waals surface area (Å²) >= 11 is 0. The van der Waals surface area contributed by atoms with E-state index in [0.717, 1.165) is 6.54 Å². The van der Waals surface area contributed by atoms with Gasteiger partial charge in [0.05, 0.1) is 8.07 Å². The van der Waals surface area contributed by atoms with Crippen LogP contribution < -0.4 is 5.19 Å². The highest BCUT2D eigenvalue weighted by Gasteiger charge is 2.17. The molecule has 2 heteroatoms. The number of rotatable bonds is 3. The van der Waals surface area contributed by atoms with Gasteiger partial charge in [0.25, 0.3) is 0 Å². The molecule has 1 aromatic rings. The Morgan fingerprint density at radius 2 is 1.67 bits per heavy atom. The Kier molecular flexibility index (Phi) is 2.98. The number of benzene rings is 1. The van der Waals surface area contributed by atoms with Gasteiger partial charge in [0, 0.05) is 6.54 Å². The normalized spacial score (nSPS) is 17.5. The Bertz CT molecular complexity index is 319. The number of nitrogens with zero attached hydrogens (tertiary/aromatic N) is 1. The van der Waals surface area contributed by atoms with Gasteiger partial charge in [-0.3, -0.25) is 4.90 Å².